The molecule has 168 valence electrons. The molecule has 6 nitrogen and oxygen atoms in total. The van der Waals surface area contributed by atoms with E-state index < -0.39 is 5.92 Å². The molecule has 1 saturated carbocycles. The average Bonchev–Trinajstić information content (AvgIpc) is 2.74. The Hall–Kier alpha value is -2.93. The van der Waals surface area contributed by atoms with E-state index in [0.717, 1.165) is 29.7 Å². The Kier molecular flexibility index (Phi) is 7.05. The molecule has 0 amide bonds. The second-order valence-corrected chi connectivity index (χ2v) is 8.68. The molecule has 2 aliphatic rings. The number of nitrogens with one attached hydrogen (secondary N) is 2. The van der Waals surface area contributed by atoms with Gasteiger partial charge in [0, 0.05) is 35.9 Å². The Morgan fingerprint density at radius 3 is 2.81 bits per heavy atom. The summed E-state index contributed by atoms with van der Waals surface area (Å²) in [5.41, 5.74) is 4.18. The molecular weight excluding hydrogens is 405 g/mol. The maximum absolute atomic E-state index is 14.1. The molecule has 2 unspecified atom stereocenters. The second-order valence-electron chi connectivity index (χ2n) is 8.68. The lowest BCUT2D eigenvalue weighted by Crippen LogP contribution is -2.38. The summed E-state index contributed by atoms with van der Waals surface area (Å²) in [5.74, 6) is -0.743. The van der Waals surface area contributed by atoms with Crippen LogP contribution in [0.4, 0.5) is 4.39 Å². The zero-order chi connectivity index (χ0) is 22.5. The number of oxime groups is 1. The van der Waals surface area contributed by atoms with E-state index in [0.29, 0.717) is 36.6 Å². The number of aromatic nitrogens is 1. The van der Waals surface area contributed by atoms with Crippen LogP contribution < -0.4 is 0 Å². The fourth-order valence-corrected chi connectivity index (χ4v) is 4.59. The fourth-order valence-electron chi connectivity index (χ4n) is 4.59. The molecule has 2 atom stereocenters. The summed E-state index contributed by atoms with van der Waals surface area (Å²) >= 11 is 0. The molecule has 1 aromatic carbocycles. The zero-order valence-corrected chi connectivity index (χ0v) is 18.5. The lowest BCUT2D eigenvalue weighted by molar-refractivity contribution is 0.112. The van der Waals surface area contributed by atoms with E-state index in [1.54, 1.807) is 25.4 Å². The summed E-state index contributed by atoms with van der Waals surface area (Å²) in [5, 5.41) is 21.2. The van der Waals surface area contributed by atoms with Crippen LogP contribution in [0.1, 0.15) is 44.1 Å². The molecule has 0 bridgehead atoms. The topological polar surface area (TPSA) is 85.4 Å². The fraction of sp³-hybridized carbons (Fsp3) is 0.440. The standard InChI is InChI=1S/C25H30FN5O/c1-17(27)25-23(28)13-19(14-24(25)30-32-12-4-11-31-9-3-10-31)21-7-6-20(26)15-22(21)18-5-2-8-29-16-18/h2,5-8,15-16,19,25,27-28H,3-4,9-14H2,1H3. The van der Waals surface area contributed by atoms with E-state index in [9.17, 15) is 4.39 Å². The number of hydrogen-bond donors (Lipinski definition) is 2. The second kappa shape index (κ2) is 10.1. The van der Waals surface area contributed by atoms with Gasteiger partial charge < -0.3 is 20.6 Å². The molecule has 1 aliphatic carbocycles. The molecule has 1 aliphatic heterocycles. The number of pyridine rings is 1. The van der Waals surface area contributed by atoms with Crippen molar-refractivity contribution in [1.29, 1.82) is 10.8 Å². The van der Waals surface area contributed by atoms with Gasteiger partial charge in [-0.05, 0) is 80.9 Å². The first-order valence-corrected chi connectivity index (χ1v) is 11.3. The maximum Gasteiger partial charge on any atom is 0.123 e. The predicted molar refractivity (Wildman–Crippen MR) is 125 cm³/mol. The van der Waals surface area contributed by atoms with Crippen molar-refractivity contribution in [3.8, 4) is 11.1 Å². The predicted octanol–water partition coefficient (Wildman–Crippen LogP) is 4.91. The largest absolute Gasteiger partial charge is 0.396 e. The molecular formula is C25H30FN5O. The number of rotatable bonds is 8. The van der Waals surface area contributed by atoms with Crippen LogP contribution in [0.2, 0.25) is 0 Å². The van der Waals surface area contributed by atoms with Gasteiger partial charge in [-0.1, -0.05) is 17.3 Å². The molecule has 2 aromatic rings. The zero-order valence-electron chi connectivity index (χ0n) is 18.5. The molecule has 2 fully saturated rings. The summed E-state index contributed by atoms with van der Waals surface area (Å²) in [7, 11) is 0. The third kappa shape index (κ3) is 5.10. The third-order valence-electron chi connectivity index (χ3n) is 6.30. The molecule has 0 radical (unpaired) electrons. The van der Waals surface area contributed by atoms with Crippen molar-refractivity contribution in [2.45, 2.75) is 38.5 Å². The Balaban J connectivity index is 1.54. The minimum absolute atomic E-state index is 0.0302. The van der Waals surface area contributed by atoms with E-state index in [4.69, 9.17) is 15.7 Å². The normalized spacial score (nSPS) is 22.6. The van der Waals surface area contributed by atoms with E-state index in [1.807, 2.05) is 12.1 Å². The average molecular weight is 436 g/mol. The van der Waals surface area contributed by atoms with E-state index in [-0.39, 0.29) is 11.7 Å². The van der Waals surface area contributed by atoms with Crippen LogP contribution in [0, 0.1) is 22.6 Å². The Bertz CT molecular complexity index is 1000. The van der Waals surface area contributed by atoms with Crippen molar-refractivity contribution in [2.24, 2.45) is 11.1 Å². The Labute approximate surface area is 188 Å². The molecule has 4 rings (SSSR count). The summed E-state index contributed by atoms with van der Waals surface area (Å²) in [6.07, 6.45) is 6.70. The number of halogens is 1. The van der Waals surface area contributed by atoms with Crippen molar-refractivity contribution in [1.82, 2.24) is 9.88 Å². The monoisotopic (exact) mass is 435 g/mol. The summed E-state index contributed by atoms with van der Waals surface area (Å²) in [4.78, 5) is 12.2. The van der Waals surface area contributed by atoms with Gasteiger partial charge in [0.05, 0.1) is 11.6 Å². The van der Waals surface area contributed by atoms with Crippen LogP contribution in [0.5, 0.6) is 0 Å². The highest BCUT2D eigenvalue weighted by molar-refractivity contribution is 6.23. The van der Waals surface area contributed by atoms with Gasteiger partial charge in [-0.25, -0.2) is 4.39 Å². The smallest absolute Gasteiger partial charge is 0.123 e. The first kappa shape index (κ1) is 22.3. The summed E-state index contributed by atoms with van der Waals surface area (Å²) in [6, 6.07) is 8.56. The van der Waals surface area contributed by atoms with Crippen LogP contribution in [-0.2, 0) is 4.84 Å². The molecule has 1 saturated heterocycles. The third-order valence-corrected chi connectivity index (χ3v) is 6.30. The molecule has 32 heavy (non-hydrogen) atoms. The van der Waals surface area contributed by atoms with Crippen molar-refractivity contribution in [2.75, 3.05) is 26.2 Å². The van der Waals surface area contributed by atoms with Gasteiger partial charge in [0.25, 0.3) is 0 Å². The van der Waals surface area contributed by atoms with E-state index in [2.05, 4.69) is 15.0 Å². The molecule has 7 heteroatoms. The van der Waals surface area contributed by atoms with Crippen LogP contribution in [0.15, 0.2) is 47.9 Å². The number of benzene rings is 1. The van der Waals surface area contributed by atoms with Crippen molar-refractivity contribution < 1.29 is 9.23 Å². The number of likely N-dealkylation sites (tertiary alicyclic amines) is 1. The van der Waals surface area contributed by atoms with Crippen molar-refractivity contribution >= 4 is 17.1 Å². The highest BCUT2D eigenvalue weighted by Crippen LogP contribution is 2.38. The Morgan fingerprint density at radius 1 is 1.28 bits per heavy atom. The van der Waals surface area contributed by atoms with Gasteiger partial charge in [-0.3, -0.25) is 4.98 Å². The van der Waals surface area contributed by atoms with Gasteiger partial charge in [0.1, 0.15) is 12.4 Å². The van der Waals surface area contributed by atoms with Gasteiger partial charge in [0.15, 0.2) is 0 Å². The van der Waals surface area contributed by atoms with Gasteiger partial charge >= 0.3 is 0 Å². The minimum Gasteiger partial charge on any atom is -0.396 e. The molecule has 2 N–H and O–H groups in total. The molecule has 1 aromatic heterocycles. The summed E-state index contributed by atoms with van der Waals surface area (Å²) < 4.78 is 14.1. The quantitative estimate of drug-likeness (QED) is 0.351. The van der Waals surface area contributed by atoms with Crippen molar-refractivity contribution in [3.05, 3.63) is 54.1 Å². The minimum atomic E-state index is -0.413. The SMILES string of the molecule is CC(=N)C1C(=N)CC(c2ccc(F)cc2-c2cccnc2)CC1=NOCCCN1CCC1. The Morgan fingerprint density at radius 2 is 2.12 bits per heavy atom. The molecule has 0 spiro atoms. The van der Waals surface area contributed by atoms with Crippen LogP contribution >= 0.6 is 0 Å². The van der Waals surface area contributed by atoms with E-state index in [1.165, 1.54) is 31.6 Å². The van der Waals surface area contributed by atoms with Crippen LogP contribution in [-0.4, -0.2) is 53.3 Å². The number of hydrogen-bond acceptors (Lipinski definition) is 6. The van der Waals surface area contributed by atoms with Crippen LogP contribution in [0.25, 0.3) is 11.1 Å². The summed E-state index contributed by atoms with van der Waals surface area (Å²) in [6.45, 7) is 5.59. The van der Waals surface area contributed by atoms with E-state index >= 15 is 0 Å². The van der Waals surface area contributed by atoms with Crippen LogP contribution in [0.3, 0.4) is 0 Å². The first-order chi connectivity index (χ1) is 15.5. The first-order valence-electron chi connectivity index (χ1n) is 11.3. The van der Waals surface area contributed by atoms with Crippen molar-refractivity contribution in [3.63, 3.8) is 0 Å². The van der Waals surface area contributed by atoms with Gasteiger partial charge in [-0.2, -0.15) is 0 Å². The van der Waals surface area contributed by atoms with Gasteiger partial charge in [-0.15, -0.1) is 0 Å². The lowest BCUT2D eigenvalue weighted by Gasteiger charge is -2.32. The highest BCUT2D eigenvalue weighted by atomic mass is 19.1. The number of nitrogens with zero attached hydrogens (tertiary/aromatic N) is 3. The molecule has 2 heterocycles. The highest BCUT2D eigenvalue weighted by Gasteiger charge is 2.35. The lowest BCUT2D eigenvalue weighted by atomic mass is 9.73. The maximum atomic E-state index is 14.1. The van der Waals surface area contributed by atoms with Gasteiger partial charge in [0.2, 0.25) is 0 Å².